The molecule has 0 saturated carbocycles. The quantitative estimate of drug-likeness (QED) is 0.451. The zero-order chi connectivity index (χ0) is 18.1. The fourth-order valence-electron chi connectivity index (χ4n) is 2.31. The van der Waals surface area contributed by atoms with E-state index in [1.54, 1.807) is 31.4 Å². The maximum atomic E-state index is 10.9. The van der Waals surface area contributed by atoms with Gasteiger partial charge in [0, 0.05) is 0 Å². The van der Waals surface area contributed by atoms with Gasteiger partial charge in [0.1, 0.15) is 11.6 Å². The lowest BCUT2D eigenvalue weighted by atomic mass is 10.1. The van der Waals surface area contributed by atoms with Crippen LogP contribution in [-0.4, -0.2) is 24.8 Å². The van der Waals surface area contributed by atoms with Crippen molar-refractivity contribution in [3.63, 3.8) is 0 Å². The molecule has 2 aromatic rings. The van der Waals surface area contributed by atoms with Crippen molar-refractivity contribution in [1.82, 2.24) is 0 Å². The molecule has 0 aromatic heterocycles. The Bertz CT molecular complexity index is 791. The van der Waals surface area contributed by atoms with Crippen molar-refractivity contribution in [2.24, 2.45) is 0 Å². The molecule has 0 unspecified atom stereocenters. The molecule has 2 rings (SSSR count). The van der Waals surface area contributed by atoms with E-state index < -0.39 is 5.97 Å². The van der Waals surface area contributed by atoms with Crippen molar-refractivity contribution in [1.29, 1.82) is 5.26 Å². The van der Waals surface area contributed by atoms with Gasteiger partial charge in [-0.25, -0.2) is 4.79 Å². The standard InChI is InChI=1S/C20H19NO4/c1-24-18-10-9-16(12-17(14-21)20(22)23)13-19(18)25-11-5-8-15-6-3-2-4-7-15/h2-4,6-7,9-10,12-13H,5,8,11H2,1H3,(H,22,23). The third-order valence-corrected chi connectivity index (χ3v) is 3.56. The number of hydrogen-bond acceptors (Lipinski definition) is 4. The Morgan fingerprint density at radius 1 is 1.20 bits per heavy atom. The van der Waals surface area contributed by atoms with E-state index in [4.69, 9.17) is 19.8 Å². The van der Waals surface area contributed by atoms with Crippen molar-refractivity contribution in [2.75, 3.05) is 13.7 Å². The lowest BCUT2D eigenvalue weighted by Crippen LogP contribution is -2.02. The Kier molecular flexibility index (Phi) is 6.61. The Balaban J connectivity index is 2.04. The zero-order valence-corrected chi connectivity index (χ0v) is 13.9. The second-order valence-electron chi connectivity index (χ2n) is 5.32. The number of aryl methyl sites for hydroxylation is 1. The van der Waals surface area contributed by atoms with E-state index in [-0.39, 0.29) is 5.57 Å². The molecule has 2 aromatic carbocycles. The number of nitrogens with zero attached hydrogens (tertiary/aromatic N) is 1. The van der Waals surface area contributed by atoms with Gasteiger partial charge >= 0.3 is 5.97 Å². The predicted octanol–water partition coefficient (Wildman–Crippen LogP) is 3.70. The van der Waals surface area contributed by atoms with Gasteiger partial charge < -0.3 is 14.6 Å². The Morgan fingerprint density at radius 2 is 1.96 bits per heavy atom. The Labute approximate surface area is 146 Å². The molecule has 0 aliphatic heterocycles. The monoisotopic (exact) mass is 337 g/mol. The first-order chi connectivity index (χ1) is 12.1. The Morgan fingerprint density at radius 3 is 2.60 bits per heavy atom. The number of hydrogen-bond donors (Lipinski definition) is 1. The van der Waals surface area contributed by atoms with E-state index in [2.05, 4.69) is 12.1 Å². The smallest absolute Gasteiger partial charge is 0.346 e. The molecule has 5 heteroatoms. The highest BCUT2D eigenvalue weighted by Crippen LogP contribution is 2.29. The summed E-state index contributed by atoms with van der Waals surface area (Å²) in [5.74, 6) is -0.179. The van der Waals surface area contributed by atoms with Gasteiger partial charge in [-0.3, -0.25) is 0 Å². The number of benzene rings is 2. The lowest BCUT2D eigenvalue weighted by Gasteiger charge is -2.11. The molecule has 0 spiro atoms. The van der Waals surface area contributed by atoms with E-state index in [0.29, 0.717) is 23.7 Å². The largest absolute Gasteiger partial charge is 0.493 e. The van der Waals surface area contributed by atoms with Crippen molar-refractivity contribution in [2.45, 2.75) is 12.8 Å². The van der Waals surface area contributed by atoms with Gasteiger partial charge in [-0.05, 0) is 42.2 Å². The number of aliphatic carboxylic acids is 1. The van der Waals surface area contributed by atoms with Gasteiger partial charge in [-0.1, -0.05) is 36.4 Å². The van der Waals surface area contributed by atoms with E-state index in [1.807, 2.05) is 18.2 Å². The molecular formula is C20H19NO4. The number of carboxylic acids is 1. The zero-order valence-electron chi connectivity index (χ0n) is 13.9. The number of ether oxygens (including phenoxy) is 2. The first kappa shape index (κ1) is 18.1. The van der Waals surface area contributed by atoms with Crippen LogP contribution in [-0.2, 0) is 11.2 Å². The topological polar surface area (TPSA) is 79.5 Å². The molecule has 0 fully saturated rings. The van der Waals surface area contributed by atoms with Crippen molar-refractivity contribution in [3.8, 4) is 17.6 Å². The van der Waals surface area contributed by atoms with Gasteiger partial charge in [0.25, 0.3) is 0 Å². The van der Waals surface area contributed by atoms with Crippen LogP contribution in [0.15, 0.2) is 54.1 Å². The summed E-state index contributed by atoms with van der Waals surface area (Å²) < 4.78 is 11.0. The van der Waals surface area contributed by atoms with Crippen LogP contribution in [0.4, 0.5) is 0 Å². The fourth-order valence-corrected chi connectivity index (χ4v) is 2.31. The van der Waals surface area contributed by atoms with Crippen molar-refractivity contribution in [3.05, 3.63) is 65.2 Å². The molecule has 5 nitrogen and oxygen atoms in total. The summed E-state index contributed by atoms with van der Waals surface area (Å²) in [6.07, 6.45) is 3.05. The highest BCUT2D eigenvalue weighted by Gasteiger charge is 2.09. The van der Waals surface area contributed by atoms with Crippen LogP contribution in [0, 0.1) is 11.3 Å². The predicted molar refractivity (Wildman–Crippen MR) is 94.5 cm³/mol. The van der Waals surface area contributed by atoms with Gasteiger partial charge in [0.2, 0.25) is 0 Å². The SMILES string of the molecule is COc1ccc(C=C(C#N)C(=O)O)cc1OCCCc1ccccc1. The van der Waals surface area contributed by atoms with Crippen LogP contribution in [0.25, 0.3) is 6.08 Å². The van der Waals surface area contributed by atoms with E-state index in [1.165, 1.54) is 11.6 Å². The minimum Gasteiger partial charge on any atom is -0.493 e. The third kappa shape index (κ3) is 5.40. The summed E-state index contributed by atoms with van der Waals surface area (Å²) >= 11 is 0. The number of rotatable bonds is 8. The van der Waals surface area contributed by atoms with Gasteiger partial charge in [-0.15, -0.1) is 0 Å². The average molecular weight is 337 g/mol. The average Bonchev–Trinajstić information content (AvgIpc) is 2.64. The van der Waals surface area contributed by atoms with Crippen LogP contribution in [0.3, 0.4) is 0 Å². The highest BCUT2D eigenvalue weighted by atomic mass is 16.5. The normalized spacial score (nSPS) is 10.8. The summed E-state index contributed by atoms with van der Waals surface area (Å²) in [7, 11) is 1.54. The minimum atomic E-state index is -1.26. The van der Waals surface area contributed by atoms with Crippen LogP contribution in [0.5, 0.6) is 11.5 Å². The second-order valence-corrected chi connectivity index (χ2v) is 5.32. The lowest BCUT2D eigenvalue weighted by molar-refractivity contribution is -0.132. The second kappa shape index (κ2) is 9.14. The molecule has 1 N–H and O–H groups in total. The summed E-state index contributed by atoms with van der Waals surface area (Å²) in [4.78, 5) is 10.9. The Hall–Kier alpha value is -3.26. The van der Waals surface area contributed by atoms with Crippen LogP contribution < -0.4 is 9.47 Å². The van der Waals surface area contributed by atoms with Crippen molar-refractivity contribution >= 4 is 12.0 Å². The summed E-state index contributed by atoms with van der Waals surface area (Å²) in [5, 5.41) is 17.8. The molecule has 0 atom stereocenters. The van der Waals surface area contributed by atoms with E-state index in [0.717, 1.165) is 12.8 Å². The van der Waals surface area contributed by atoms with Crippen LogP contribution in [0.2, 0.25) is 0 Å². The molecule has 0 aliphatic carbocycles. The first-order valence-corrected chi connectivity index (χ1v) is 7.84. The molecule has 0 aliphatic rings. The van der Waals surface area contributed by atoms with Crippen LogP contribution >= 0.6 is 0 Å². The molecule has 0 bridgehead atoms. The van der Waals surface area contributed by atoms with E-state index >= 15 is 0 Å². The first-order valence-electron chi connectivity index (χ1n) is 7.84. The maximum absolute atomic E-state index is 10.9. The van der Waals surface area contributed by atoms with Gasteiger partial charge in [-0.2, -0.15) is 5.26 Å². The number of methoxy groups -OCH3 is 1. The molecule has 128 valence electrons. The molecule has 0 amide bonds. The van der Waals surface area contributed by atoms with Gasteiger partial charge in [0.05, 0.1) is 13.7 Å². The summed E-state index contributed by atoms with van der Waals surface area (Å²) in [5.41, 5.74) is 1.48. The minimum absolute atomic E-state index is 0.333. The molecule has 0 heterocycles. The van der Waals surface area contributed by atoms with Crippen molar-refractivity contribution < 1.29 is 19.4 Å². The van der Waals surface area contributed by atoms with Gasteiger partial charge in [0.15, 0.2) is 11.5 Å². The molecule has 25 heavy (non-hydrogen) atoms. The molecule has 0 radical (unpaired) electrons. The molecule has 0 saturated heterocycles. The van der Waals surface area contributed by atoms with Crippen LogP contribution in [0.1, 0.15) is 17.5 Å². The third-order valence-electron chi connectivity index (χ3n) is 3.56. The van der Waals surface area contributed by atoms with E-state index in [9.17, 15) is 4.79 Å². The number of carboxylic acid groups (broad SMARTS) is 1. The maximum Gasteiger partial charge on any atom is 0.346 e. The highest BCUT2D eigenvalue weighted by molar-refractivity contribution is 5.96. The number of carbonyl (C=O) groups is 1. The summed E-state index contributed by atoms with van der Waals surface area (Å²) in [6, 6.07) is 16.8. The molecular weight excluding hydrogens is 318 g/mol. The fraction of sp³-hybridized carbons (Fsp3) is 0.200. The summed E-state index contributed by atoms with van der Waals surface area (Å²) in [6.45, 7) is 0.502. The number of nitriles is 1.